The number of halogens is 3. The fourth-order valence-electron chi connectivity index (χ4n) is 4.45. The average Bonchev–Trinajstić information content (AvgIpc) is 2.96. The smallest absolute Gasteiger partial charge is 0.260 e. The lowest BCUT2D eigenvalue weighted by molar-refractivity contribution is 0.0375. The molecule has 2 spiro atoms. The number of rotatable bonds is 0. The van der Waals surface area contributed by atoms with Crippen LogP contribution in [0.1, 0.15) is 38.5 Å². The first-order valence-electron chi connectivity index (χ1n) is 5.75. The van der Waals surface area contributed by atoms with Gasteiger partial charge in [0, 0.05) is 22.9 Å². The van der Waals surface area contributed by atoms with Crippen LogP contribution >= 0.6 is 12.4 Å². The van der Waals surface area contributed by atoms with E-state index in [1.165, 1.54) is 0 Å². The second kappa shape index (κ2) is 2.51. The van der Waals surface area contributed by atoms with Crippen molar-refractivity contribution in [1.29, 1.82) is 0 Å². The molecule has 0 aromatic carbocycles. The van der Waals surface area contributed by atoms with Crippen LogP contribution in [0.5, 0.6) is 0 Å². The van der Waals surface area contributed by atoms with Gasteiger partial charge in [-0.15, -0.1) is 12.4 Å². The molecule has 2 saturated carbocycles. The second-order valence-electron chi connectivity index (χ2n) is 5.78. The number of hydrogen-bond donors (Lipinski definition) is 1. The summed E-state index contributed by atoms with van der Waals surface area (Å²) < 4.78 is 27.7. The van der Waals surface area contributed by atoms with Gasteiger partial charge in [-0.1, -0.05) is 0 Å². The molecule has 86 valence electrons. The maximum Gasteiger partial charge on any atom is 0.260 e. The van der Waals surface area contributed by atoms with Crippen molar-refractivity contribution in [3.63, 3.8) is 0 Å². The molecule has 1 nitrogen and oxygen atoms in total. The summed E-state index contributed by atoms with van der Waals surface area (Å²) >= 11 is 0. The van der Waals surface area contributed by atoms with Gasteiger partial charge in [-0.25, -0.2) is 8.78 Å². The van der Waals surface area contributed by atoms with Gasteiger partial charge in [0.2, 0.25) is 0 Å². The first-order valence-corrected chi connectivity index (χ1v) is 5.75. The Labute approximate surface area is 94.4 Å². The zero-order chi connectivity index (χ0) is 9.60. The number of hydrogen-bond acceptors (Lipinski definition) is 1. The summed E-state index contributed by atoms with van der Waals surface area (Å²) in [6.45, 7) is 0. The van der Waals surface area contributed by atoms with E-state index in [2.05, 4.69) is 5.32 Å². The SMILES string of the molecule is Cl.FC1(F)C2(CC2)C12CC1CCC(C2)N1. The van der Waals surface area contributed by atoms with Crippen LogP contribution in [0.2, 0.25) is 0 Å². The summed E-state index contributed by atoms with van der Waals surface area (Å²) in [4.78, 5) is 0. The van der Waals surface area contributed by atoms with E-state index in [4.69, 9.17) is 0 Å². The monoisotopic (exact) mass is 235 g/mol. The predicted octanol–water partition coefficient (Wildman–Crippen LogP) is 2.74. The molecule has 0 aromatic rings. The lowest BCUT2D eigenvalue weighted by Crippen LogP contribution is -2.41. The number of nitrogens with one attached hydrogen (secondary N) is 1. The van der Waals surface area contributed by atoms with Gasteiger partial charge >= 0.3 is 0 Å². The quantitative estimate of drug-likeness (QED) is 0.681. The van der Waals surface area contributed by atoms with Crippen molar-refractivity contribution >= 4 is 12.4 Å². The highest BCUT2D eigenvalue weighted by Crippen LogP contribution is 2.90. The van der Waals surface area contributed by atoms with Crippen LogP contribution in [0, 0.1) is 10.8 Å². The van der Waals surface area contributed by atoms with Gasteiger partial charge in [0.25, 0.3) is 5.92 Å². The van der Waals surface area contributed by atoms with Gasteiger partial charge in [-0.2, -0.15) is 0 Å². The maximum atomic E-state index is 13.9. The summed E-state index contributed by atoms with van der Waals surface area (Å²) in [5.41, 5.74) is -1.07. The first-order chi connectivity index (χ1) is 6.61. The van der Waals surface area contributed by atoms with E-state index in [9.17, 15) is 8.78 Å². The normalized spacial score (nSPS) is 51.6. The minimum absolute atomic E-state index is 0. The third kappa shape index (κ3) is 0.858. The fraction of sp³-hybridized carbons (Fsp3) is 1.00. The van der Waals surface area contributed by atoms with E-state index in [1.807, 2.05) is 0 Å². The Morgan fingerprint density at radius 3 is 1.87 bits per heavy atom. The Bertz CT molecular complexity index is 296. The third-order valence-corrected chi connectivity index (χ3v) is 5.33. The molecule has 2 atom stereocenters. The van der Waals surface area contributed by atoms with E-state index in [0.717, 1.165) is 38.5 Å². The number of piperidine rings is 1. The van der Waals surface area contributed by atoms with Crippen molar-refractivity contribution in [1.82, 2.24) is 5.32 Å². The molecule has 2 aliphatic carbocycles. The van der Waals surface area contributed by atoms with E-state index >= 15 is 0 Å². The van der Waals surface area contributed by atoms with Gasteiger partial charge < -0.3 is 5.32 Å². The van der Waals surface area contributed by atoms with Crippen LogP contribution in [0.4, 0.5) is 8.78 Å². The van der Waals surface area contributed by atoms with Gasteiger partial charge in [-0.05, 0) is 38.5 Å². The molecular formula is C11H16ClF2N. The summed E-state index contributed by atoms with van der Waals surface area (Å²) in [5.74, 6) is -2.32. The molecule has 2 saturated heterocycles. The maximum absolute atomic E-state index is 13.9. The minimum Gasteiger partial charge on any atom is -0.311 e. The molecule has 2 unspecified atom stereocenters. The largest absolute Gasteiger partial charge is 0.311 e. The molecular weight excluding hydrogens is 220 g/mol. The van der Waals surface area contributed by atoms with Gasteiger partial charge in [-0.3, -0.25) is 0 Å². The molecule has 0 amide bonds. The first kappa shape index (κ1) is 10.3. The Morgan fingerprint density at radius 1 is 0.933 bits per heavy atom. The van der Waals surface area contributed by atoms with Crippen LogP contribution < -0.4 is 5.32 Å². The van der Waals surface area contributed by atoms with E-state index in [-0.39, 0.29) is 12.4 Å². The third-order valence-electron chi connectivity index (χ3n) is 5.33. The van der Waals surface area contributed by atoms with E-state index in [1.54, 1.807) is 0 Å². The Hall–Kier alpha value is 0.110. The van der Waals surface area contributed by atoms with Crippen LogP contribution in [0.25, 0.3) is 0 Å². The lowest BCUT2D eigenvalue weighted by atomic mass is 9.86. The summed E-state index contributed by atoms with van der Waals surface area (Å²) in [6.07, 6.45) is 5.32. The minimum atomic E-state index is -2.32. The van der Waals surface area contributed by atoms with Gasteiger partial charge in [0.1, 0.15) is 0 Å². The van der Waals surface area contributed by atoms with Crippen molar-refractivity contribution in [3.8, 4) is 0 Å². The Balaban J connectivity index is 0.000000722. The van der Waals surface area contributed by atoms with Crippen molar-refractivity contribution in [2.75, 3.05) is 0 Å². The molecule has 1 N–H and O–H groups in total. The zero-order valence-electron chi connectivity index (χ0n) is 8.56. The highest BCUT2D eigenvalue weighted by Gasteiger charge is 2.95. The van der Waals surface area contributed by atoms with Crippen LogP contribution in [0.3, 0.4) is 0 Å². The predicted molar refractivity (Wildman–Crippen MR) is 55.5 cm³/mol. The number of fused-ring (bicyclic) bond motifs is 3. The van der Waals surface area contributed by atoms with Crippen molar-refractivity contribution in [2.45, 2.75) is 56.5 Å². The van der Waals surface area contributed by atoms with Crippen molar-refractivity contribution in [2.24, 2.45) is 10.8 Å². The van der Waals surface area contributed by atoms with Crippen LogP contribution in [-0.2, 0) is 0 Å². The summed E-state index contributed by atoms with van der Waals surface area (Å²) in [7, 11) is 0. The standard InChI is InChI=1S/C11H15F2N.ClH/c12-11(13)9(3-4-9)10(11)5-7-1-2-8(6-10)14-7;/h7-8,14H,1-6H2;1H. The summed E-state index contributed by atoms with van der Waals surface area (Å²) in [5, 5.41) is 3.46. The molecule has 2 aliphatic heterocycles. The van der Waals surface area contributed by atoms with Gasteiger partial charge in [0.05, 0.1) is 0 Å². The Morgan fingerprint density at radius 2 is 1.47 bits per heavy atom. The van der Waals surface area contributed by atoms with Crippen molar-refractivity contribution < 1.29 is 8.78 Å². The van der Waals surface area contributed by atoms with E-state index in [0.29, 0.717) is 12.1 Å². The molecule has 0 aromatic heterocycles. The Kier molecular flexibility index (Phi) is 1.72. The van der Waals surface area contributed by atoms with Crippen LogP contribution in [-0.4, -0.2) is 18.0 Å². The second-order valence-corrected chi connectivity index (χ2v) is 5.78. The summed E-state index contributed by atoms with van der Waals surface area (Å²) in [6, 6.07) is 0.805. The van der Waals surface area contributed by atoms with Gasteiger partial charge in [0.15, 0.2) is 0 Å². The molecule has 4 heteroatoms. The molecule has 15 heavy (non-hydrogen) atoms. The average molecular weight is 236 g/mol. The molecule has 4 aliphatic rings. The molecule has 2 bridgehead atoms. The van der Waals surface area contributed by atoms with Crippen LogP contribution in [0.15, 0.2) is 0 Å². The lowest BCUT2D eigenvalue weighted by Gasteiger charge is -2.29. The topological polar surface area (TPSA) is 12.0 Å². The zero-order valence-corrected chi connectivity index (χ0v) is 9.38. The highest BCUT2D eigenvalue weighted by atomic mass is 35.5. The van der Waals surface area contributed by atoms with E-state index < -0.39 is 16.8 Å². The highest BCUT2D eigenvalue weighted by molar-refractivity contribution is 5.85. The number of alkyl halides is 2. The molecule has 2 heterocycles. The fourth-order valence-corrected chi connectivity index (χ4v) is 4.45. The van der Waals surface area contributed by atoms with Crippen molar-refractivity contribution in [3.05, 3.63) is 0 Å². The molecule has 4 fully saturated rings. The molecule has 4 rings (SSSR count). The molecule has 0 radical (unpaired) electrons.